The average Bonchev–Trinajstić information content (AvgIpc) is 2.98. The van der Waals surface area contributed by atoms with Crippen LogP contribution >= 0.6 is 0 Å². The number of benzene rings is 1. The molecule has 1 fully saturated rings. The second-order valence-corrected chi connectivity index (χ2v) is 6.19. The van der Waals surface area contributed by atoms with Crippen molar-refractivity contribution >= 4 is 0 Å². The van der Waals surface area contributed by atoms with E-state index in [1.165, 1.54) is 37.8 Å². The Labute approximate surface area is 129 Å². The molecular formula is C18H30N2O. The molecule has 0 amide bonds. The lowest BCUT2D eigenvalue weighted by molar-refractivity contribution is 0.215. The standard InChI is InChI=1S/C18H30N2O/c1-3-19-14-17-9-6-10-18(13-17)21-12-11-20(2)15-16-7-4-5-8-16/h6,9-10,13,16,19H,3-5,7-8,11-12,14-15H2,1-2H3. The first-order valence-electron chi connectivity index (χ1n) is 8.39. The maximum Gasteiger partial charge on any atom is 0.119 e. The van der Waals surface area contributed by atoms with Gasteiger partial charge in [0.2, 0.25) is 0 Å². The molecule has 1 aliphatic rings. The summed E-state index contributed by atoms with van der Waals surface area (Å²) in [6.07, 6.45) is 5.68. The van der Waals surface area contributed by atoms with Gasteiger partial charge in [-0.15, -0.1) is 0 Å². The molecule has 1 aliphatic carbocycles. The van der Waals surface area contributed by atoms with Crippen LogP contribution < -0.4 is 10.1 Å². The molecule has 1 saturated carbocycles. The van der Waals surface area contributed by atoms with Gasteiger partial charge in [-0.25, -0.2) is 0 Å². The van der Waals surface area contributed by atoms with Crippen LogP contribution in [0.15, 0.2) is 24.3 Å². The highest BCUT2D eigenvalue weighted by atomic mass is 16.5. The summed E-state index contributed by atoms with van der Waals surface area (Å²) in [5, 5.41) is 3.34. The van der Waals surface area contributed by atoms with Crippen molar-refractivity contribution in [1.82, 2.24) is 10.2 Å². The molecule has 0 unspecified atom stereocenters. The van der Waals surface area contributed by atoms with Crippen LogP contribution in [-0.4, -0.2) is 38.2 Å². The quantitative estimate of drug-likeness (QED) is 0.755. The smallest absolute Gasteiger partial charge is 0.119 e. The van der Waals surface area contributed by atoms with Gasteiger partial charge in [-0.05, 0) is 50.0 Å². The average molecular weight is 290 g/mol. The first-order chi connectivity index (χ1) is 10.3. The fourth-order valence-electron chi connectivity index (χ4n) is 3.06. The lowest BCUT2D eigenvalue weighted by Crippen LogP contribution is -2.28. The molecular weight excluding hydrogens is 260 g/mol. The molecule has 0 aromatic heterocycles. The van der Waals surface area contributed by atoms with E-state index in [9.17, 15) is 0 Å². The Morgan fingerprint density at radius 1 is 1.29 bits per heavy atom. The summed E-state index contributed by atoms with van der Waals surface area (Å²) < 4.78 is 5.89. The Bertz CT molecular complexity index is 402. The minimum absolute atomic E-state index is 0.772. The molecule has 0 aliphatic heterocycles. The summed E-state index contributed by atoms with van der Waals surface area (Å²) in [4.78, 5) is 2.42. The summed E-state index contributed by atoms with van der Waals surface area (Å²) in [5.74, 6) is 1.90. The minimum atomic E-state index is 0.772. The topological polar surface area (TPSA) is 24.5 Å². The number of likely N-dealkylation sites (N-methyl/N-ethyl adjacent to an activating group) is 1. The van der Waals surface area contributed by atoms with Crippen molar-refractivity contribution in [2.45, 2.75) is 39.2 Å². The highest BCUT2D eigenvalue weighted by Crippen LogP contribution is 2.25. The Morgan fingerprint density at radius 2 is 2.10 bits per heavy atom. The largest absolute Gasteiger partial charge is 0.492 e. The van der Waals surface area contributed by atoms with E-state index in [4.69, 9.17) is 4.74 Å². The van der Waals surface area contributed by atoms with Crippen LogP contribution in [0, 0.1) is 5.92 Å². The zero-order valence-corrected chi connectivity index (χ0v) is 13.6. The number of nitrogens with zero attached hydrogens (tertiary/aromatic N) is 1. The van der Waals surface area contributed by atoms with E-state index in [2.05, 4.69) is 42.4 Å². The van der Waals surface area contributed by atoms with Gasteiger partial charge in [0.05, 0.1) is 0 Å². The maximum atomic E-state index is 5.89. The first-order valence-corrected chi connectivity index (χ1v) is 8.39. The van der Waals surface area contributed by atoms with Gasteiger partial charge in [0.15, 0.2) is 0 Å². The molecule has 3 nitrogen and oxygen atoms in total. The molecule has 1 aromatic rings. The summed E-state index contributed by atoms with van der Waals surface area (Å²) in [7, 11) is 2.21. The molecule has 21 heavy (non-hydrogen) atoms. The molecule has 0 heterocycles. The van der Waals surface area contributed by atoms with Gasteiger partial charge in [0.25, 0.3) is 0 Å². The molecule has 0 saturated heterocycles. The normalized spacial score (nSPS) is 15.8. The van der Waals surface area contributed by atoms with Crippen molar-refractivity contribution in [1.29, 1.82) is 0 Å². The van der Waals surface area contributed by atoms with Crippen LogP contribution in [0.25, 0.3) is 0 Å². The van der Waals surface area contributed by atoms with Crippen molar-refractivity contribution in [3.8, 4) is 5.75 Å². The Balaban J connectivity index is 1.67. The predicted octanol–water partition coefficient (Wildman–Crippen LogP) is 3.30. The fraction of sp³-hybridized carbons (Fsp3) is 0.667. The van der Waals surface area contributed by atoms with Gasteiger partial charge in [0.1, 0.15) is 12.4 Å². The number of nitrogens with one attached hydrogen (secondary N) is 1. The van der Waals surface area contributed by atoms with E-state index in [0.717, 1.165) is 37.9 Å². The fourth-order valence-corrected chi connectivity index (χ4v) is 3.06. The zero-order chi connectivity index (χ0) is 14.9. The Kier molecular flexibility index (Phi) is 7.04. The maximum absolute atomic E-state index is 5.89. The Hall–Kier alpha value is -1.06. The SMILES string of the molecule is CCNCc1cccc(OCCN(C)CC2CCCC2)c1. The third-order valence-electron chi connectivity index (χ3n) is 4.26. The molecule has 3 heteroatoms. The van der Waals surface area contributed by atoms with Crippen LogP contribution in [-0.2, 0) is 6.54 Å². The molecule has 0 radical (unpaired) electrons. The highest BCUT2D eigenvalue weighted by Gasteiger charge is 2.16. The van der Waals surface area contributed by atoms with E-state index >= 15 is 0 Å². The molecule has 0 spiro atoms. The van der Waals surface area contributed by atoms with Crippen molar-refractivity contribution in [3.63, 3.8) is 0 Å². The number of hydrogen-bond acceptors (Lipinski definition) is 3. The van der Waals surface area contributed by atoms with Gasteiger partial charge in [-0.3, -0.25) is 0 Å². The van der Waals surface area contributed by atoms with Crippen LogP contribution in [0.3, 0.4) is 0 Å². The van der Waals surface area contributed by atoms with Crippen molar-refractivity contribution < 1.29 is 4.74 Å². The summed E-state index contributed by atoms with van der Waals surface area (Å²) >= 11 is 0. The monoisotopic (exact) mass is 290 g/mol. The summed E-state index contributed by atoms with van der Waals surface area (Å²) in [5.41, 5.74) is 1.29. The van der Waals surface area contributed by atoms with E-state index in [0.29, 0.717) is 0 Å². The molecule has 0 atom stereocenters. The van der Waals surface area contributed by atoms with E-state index in [1.54, 1.807) is 0 Å². The van der Waals surface area contributed by atoms with Crippen molar-refractivity contribution in [2.24, 2.45) is 5.92 Å². The summed E-state index contributed by atoms with van der Waals surface area (Å²) in [6, 6.07) is 8.40. The zero-order valence-electron chi connectivity index (χ0n) is 13.6. The molecule has 2 rings (SSSR count). The molecule has 1 aromatic carbocycles. The van der Waals surface area contributed by atoms with E-state index in [-0.39, 0.29) is 0 Å². The third kappa shape index (κ3) is 6.06. The Morgan fingerprint density at radius 3 is 2.86 bits per heavy atom. The van der Waals surface area contributed by atoms with Crippen LogP contribution in [0.4, 0.5) is 0 Å². The lowest BCUT2D eigenvalue weighted by atomic mass is 10.1. The summed E-state index contributed by atoms with van der Waals surface area (Å²) in [6.45, 7) is 7.04. The van der Waals surface area contributed by atoms with Crippen LogP contribution in [0.5, 0.6) is 5.75 Å². The van der Waals surface area contributed by atoms with Gasteiger partial charge < -0.3 is 15.0 Å². The van der Waals surface area contributed by atoms with E-state index < -0.39 is 0 Å². The second kappa shape index (κ2) is 9.06. The highest BCUT2D eigenvalue weighted by molar-refractivity contribution is 5.28. The minimum Gasteiger partial charge on any atom is -0.492 e. The number of ether oxygens (including phenoxy) is 1. The van der Waals surface area contributed by atoms with Gasteiger partial charge in [-0.1, -0.05) is 31.9 Å². The van der Waals surface area contributed by atoms with Crippen molar-refractivity contribution in [3.05, 3.63) is 29.8 Å². The van der Waals surface area contributed by atoms with E-state index in [1.807, 2.05) is 6.07 Å². The molecule has 0 bridgehead atoms. The van der Waals surface area contributed by atoms with Gasteiger partial charge in [0, 0.05) is 19.6 Å². The first kappa shape index (κ1) is 16.3. The van der Waals surface area contributed by atoms with Crippen LogP contribution in [0.2, 0.25) is 0 Å². The van der Waals surface area contributed by atoms with Gasteiger partial charge in [-0.2, -0.15) is 0 Å². The lowest BCUT2D eigenvalue weighted by Gasteiger charge is -2.20. The molecule has 1 N–H and O–H groups in total. The van der Waals surface area contributed by atoms with Gasteiger partial charge >= 0.3 is 0 Å². The molecule has 118 valence electrons. The second-order valence-electron chi connectivity index (χ2n) is 6.19. The van der Waals surface area contributed by atoms with Crippen molar-refractivity contribution in [2.75, 3.05) is 33.3 Å². The number of hydrogen-bond donors (Lipinski definition) is 1. The third-order valence-corrected chi connectivity index (χ3v) is 4.26. The van der Waals surface area contributed by atoms with Crippen LogP contribution in [0.1, 0.15) is 38.2 Å². The number of rotatable bonds is 9. The predicted molar refractivity (Wildman–Crippen MR) is 88.8 cm³/mol.